The smallest absolute Gasteiger partial charge is 0.256 e. The molecule has 1 aromatic heterocycles. The summed E-state index contributed by atoms with van der Waals surface area (Å²) >= 11 is 1.45. The number of benzene rings is 1. The Labute approximate surface area is 165 Å². The summed E-state index contributed by atoms with van der Waals surface area (Å²) in [5, 5.41) is 12.9. The standard InChI is InChI=1S/C21H26N4OS/c1-14(2)24-9-11-25(12-10-24)18-7-5-17(6-8-18)20(26)23-21-19(13-22)15(3)16(4)27-21/h5-8,14H,9-12H2,1-4H3,(H,23,26). The zero-order valence-corrected chi connectivity index (χ0v) is 17.2. The molecular weight excluding hydrogens is 356 g/mol. The fourth-order valence-corrected chi connectivity index (χ4v) is 4.35. The zero-order chi connectivity index (χ0) is 19.6. The topological polar surface area (TPSA) is 59.4 Å². The van der Waals surface area contributed by atoms with Crippen molar-refractivity contribution < 1.29 is 4.79 Å². The Morgan fingerprint density at radius 2 is 1.78 bits per heavy atom. The summed E-state index contributed by atoms with van der Waals surface area (Å²) in [5.74, 6) is -0.177. The normalized spacial score (nSPS) is 15.0. The van der Waals surface area contributed by atoms with Crippen LogP contribution in [0.15, 0.2) is 24.3 Å². The maximum absolute atomic E-state index is 12.6. The van der Waals surface area contributed by atoms with Gasteiger partial charge in [-0.15, -0.1) is 11.3 Å². The predicted molar refractivity (Wildman–Crippen MR) is 112 cm³/mol. The molecule has 1 saturated heterocycles. The summed E-state index contributed by atoms with van der Waals surface area (Å²) in [6.07, 6.45) is 0. The number of thiophene rings is 1. The number of rotatable bonds is 4. The Hall–Kier alpha value is -2.36. The minimum atomic E-state index is -0.177. The highest BCUT2D eigenvalue weighted by Gasteiger charge is 2.20. The second kappa shape index (κ2) is 8.12. The van der Waals surface area contributed by atoms with Crippen molar-refractivity contribution in [1.82, 2.24) is 4.90 Å². The van der Waals surface area contributed by atoms with Crippen LogP contribution in [0.2, 0.25) is 0 Å². The molecule has 142 valence electrons. The second-order valence-corrected chi connectivity index (χ2v) is 8.44. The molecule has 0 aliphatic carbocycles. The Morgan fingerprint density at radius 1 is 1.15 bits per heavy atom. The summed E-state index contributed by atoms with van der Waals surface area (Å²) in [4.78, 5) is 18.5. The van der Waals surface area contributed by atoms with E-state index in [-0.39, 0.29) is 5.91 Å². The number of amides is 1. The lowest BCUT2D eigenvalue weighted by Gasteiger charge is -2.38. The number of nitrogens with one attached hydrogen (secondary N) is 1. The number of hydrogen-bond donors (Lipinski definition) is 1. The summed E-state index contributed by atoms with van der Waals surface area (Å²) in [7, 11) is 0. The summed E-state index contributed by atoms with van der Waals surface area (Å²) in [6.45, 7) is 12.5. The first kappa shape index (κ1) is 19.4. The second-order valence-electron chi connectivity index (χ2n) is 7.22. The lowest BCUT2D eigenvalue weighted by Crippen LogP contribution is -2.48. The first-order valence-corrected chi connectivity index (χ1v) is 10.1. The Balaban J connectivity index is 1.66. The van der Waals surface area contributed by atoms with Crippen LogP contribution in [-0.4, -0.2) is 43.0 Å². The molecule has 6 heteroatoms. The monoisotopic (exact) mass is 382 g/mol. The van der Waals surface area contributed by atoms with Crippen LogP contribution in [0.1, 0.15) is 40.2 Å². The van der Waals surface area contributed by atoms with Gasteiger partial charge in [-0.3, -0.25) is 9.69 Å². The molecule has 1 amide bonds. The molecule has 1 aromatic carbocycles. The van der Waals surface area contributed by atoms with Crippen LogP contribution < -0.4 is 10.2 Å². The van der Waals surface area contributed by atoms with Crippen molar-refractivity contribution in [1.29, 1.82) is 5.26 Å². The van der Waals surface area contributed by atoms with E-state index < -0.39 is 0 Å². The fraction of sp³-hybridized carbons (Fsp3) is 0.429. The van der Waals surface area contributed by atoms with E-state index in [1.165, 1.54) is 11.3 Å². The van der Waals surface area contributed by atoms with E-state index in [0.717, 1.165) is 42.3 Å². The molecule has 0 unspecified atom stereocenters. The number of piperazine rings is 1. The largest absolute Gasteiger partial charge is 0.369 e. The number of anilines is 2. The first-order chi connectivity index (χ1) is 12.9. The number of hydrogen-bond acceptors (Lipinski definition) is 5. The third kappa shape index (κ3) is 4.15. The molecular formula is C21H26N4OS. The van der Waals surface area contributed by atoms with Gasteiger partial charge in [0.05, 0.1) is 5.56 Å². The van der Waals surface area contributed by atoms with E-state index in [2.05, 4.69) is 35.0 Å². The molecule has 1 aliphatic rings. The highest BCUT2D eigenvalue weighted by atomic mass is 32.1. The van der Waals surface area contributed by atoms with Gasteiger partial charge in [0.15, 0.2) is 0 Å². The molecule has 2 heterocycles. The van der Waals surface area contributed by atoms with E-state index >= 15 is 0 Å². The van der Waals surface area contributed by atoms with Crippen LogP contribution in [0.5, 0.6) is 0 Å². The zero-order valence-electron chi connectivity index (χ0n) is 16.4. The van der Waals surface area contributed by atoms with Crippen molar-refractivity contribution >= 4 is 27.9 Å². The third-order valence-corrected chi connectivity index (χ3v) is 6.39. The van der Waals surface area contributed by atoms with Crippen LogP contribution in [0.25, 0.3) is 0 Å². The van der Waals surface area contributed by atoms with Crippen molar-refractivity contribution in [3.8, 4) is 6.07 Å². The minimum absolute atomic E-state index is 0.177. The van der Waals surface area contributed by atoms with Crippen LogP contribution in [0.3, 0.4) is 0 Å². The molecule has 0 radical (unpaired) electrons. The van der Waals surface area contributed by atoms with Gasteiger partial charge < -0.3 is 10.2 Å². The highest BCUT2D eigenvalue weighted by molar-refractivity contribution is 7.16. The minimum Gasteiger partial charge on any atom is -0.369 e. The predicted octanol–water partition coefficient (Wildman–Crippen LogP) is 4.02. The quantitative estimate of drug-likeness (QED) is 0.868. The average Bonchev–Trinajstić information content (AvgIpc) is 2.94. The molecule has 0 saturated carbocycles. The highest BCUT2D eigenvalue weighted by Crippen LogP contribution is 2.32. The van der Waals surface area contributed by atoms with Gasteiger partial charge in [-0.1, -0.05) is 0 Å². The van der Waals surface area contributed by atoms with Crippen LogP contribution in [0.4, 0.5) is 10.7 Å². The van der Waals surface area contributed by atoms with Crippen LogP contribution in [0, 0.1) is 25.2 Å². The van der Waals surface area contributed by atoms with E-state index in [4.69, 9.17) is 0 Å². The number of aryl methyl sites for hydroxylation is 1. The molecule has 2 aromatic rings. The Bertz CT molecular complexity index is 856. The van der Waals surface area contributed by atoms with Gasteiger partial charge in [-0.25, -0.2) is 0 Å². The summed E-state index contributed by atoms with van der Waals surface area (Å²) in [6, 6.07) is 10.5. The van der Waals surface area contributed by atoms with Gasteiger partial charge in [0.2, 0.25) is 0 Å². The maximum atomic E-state index is 12.6. The van der Waals surface area contributed by atoms with Gasteiger partial charge >= 0.3 is 0 Å². The third-order valence-electron chi connectivity index (χ3n) is 5.26. The van der Waals surface area contributed by atoms with E-state index in [0.29, 0.717) is 22.2 Å². The molecule has 1 fully saturated rings. The average molecular weight is 383 g/mol. The first-order valence-electron chi connectivity index (χ1n) is 9.31. The molecule has 0 spiro atoms. The molecule has 5 nitrogen and oxygen atoms in total. The van der Waals surface area contributed by atoms with Crippen molar-refractivity contribution in [2.45, 2.75) is 33.7 Å². The molecule has 3 rings (SSSR count). The van der Waals surface area contributed by atoms with Gasteiger partial charge in [0, 0.05) is 48.3 Å². The van der Waals surface area contributed by atoms with E-state index in [1.54, 1.807) is 0 Å². The maximum Gasteiger partial charge on any atom is 0.256 e. The Morgan fingerprint density at radius 3 is 2.33 bits per heavy atom. The van der Waals surface area contributed by atoms with Crippen LogP contribution >= 0.6 is 11.3 Å². The van der Waals surface area contributed by atoms with Gasteiger partial charge in [-0.05, 0) is 57.5 Å². The summed E-state index contributed by atoms with van der Waals surface area (Å²) in [5.41, 5.74) is 3.25. The molecule has 1 aliphatic heterocycles. The van der Waals surface area contributed by atoms with Gasteiger partial charge in [0.25, 0.3) is 5.91 Å². The van der Waals surface area contributed by atoms with Crippen LogP contribution in [-0.2, 0) is 0 Å². The Kier molecular flexibility index (Phi) is 5.83. The number of carbonyl (C=O) groups is 1. The molecule has 1 N–H and O–H groups in total. The number of carbonyl (C=O) groups excluding carboxylic acids is 1. The number of nitriles is 1. The van der Waals surface area contributed by atoms with Crippen molar-refractivity contribution in [2.75, 3.05) is 36.4 Å². The van der Waals surface area contributed by atoms with Crippen molar-refractivity contribution in [3.63, 3.8) is 0 Å². The van der Waals surface area contributed by atoms with Crippen molar-refractivity contribution in [3.05, 3.63) is 45.8 Å². The molecule has 0 bridgehead atoms. The summed E-state index contributed by atoms with van der Waals surface area (Å²) < 4.78 is 0. The fourth-order valence-electron chi connectivity index (χ4n) is 3.35. The molecule has 0 atom stereocenters. The van der Waals surface area contributed by atoms with E-state index in [1.807, 2.05) is 38.1 Å². The SMILES string of the molecule is Cc1sc(NC(=O)c2ccc(N3CCN(C(C)C)CC3)cc2)c(C#N)c1C. The van der Waals surface area contributed by atoms with Gasteiger partial charge in [0.1, 0.15) is 11.1 Å². The van der Waals surface area contributed by atoms with E-state index in [9.17, 15) is 10.1 Å². The molecule has 27 heavy (non-hydrogen) atoms. The van der Waals surface area contributed by atoms with Gasteiger partial charge in [-0.2, -0.15) is 5.26 Å². The lowest BCUT2D eigenvalue weighted by molar-refractivity contribution is 0.102. The van der Waals surface area contributed by atoms with Crippen molar-refractivity contribution in [2.24, 2.45) is 0 Å². The lowest BCUT2D eigenvalue weighted by atomic mass is 10.1. The number of nitrogens with zero attached hydrogens (tertiary/aromatic N) is 3.